The first-order valence-corrected chi connectivity index (χ1v) is 8.96. The van der Waals surface area contributed by atoms with Crippen molar-refractivity contribution in [3.63, 3.8) is 0 Å². The topological polar surface area (TPSA) is 69.7 Å². The highest BCUT2D eigenvalue weighted by Crippen LogP contribution is 2.20. The first kappa shape index (κ1) is 17.0. The highest BCUT2D eigenvalue weighted by atomic mass is 79.9. The van der Waals surface area contributed by atoms with E-state index in [2.05, 4.69) is 21.2 Å². The number of nitrogens with one attached hydrogen (secondary N) is 1. The molecule has 0 aromatic heterocycles. The van der Waals surface area contributed by atoms with E-state index in [0.717, 1.165) is 16.5 Å². The normalized spacial score (nSPS) is 18.9. The van der Waals surface area contributed by atoms with Crippen LogP contribution in [0.5, 0.6) is 0 Å². The van der Waals surface area contributed by atoms with E-state index in [1.54, 1.807) is 0 Å². The number of carbonyl (C=O) groups excluding carboxylic acids is 3. The maximum atomic E-state index is 12.4. The van der Waals surface area contributed by atoms with Crippen molar-refractivity contribution in [2.24, 2.45) is 0 Å². The second-order valence-electron chi connectivity index (χ2n) is 6.16. The number of benzene rings is 1. The van der Waals surface area contributed by atoms with E-state index in [4.69, 9.17) is 0 Å². The van der Waals surface area contributed by atoms with E-state index in [1.807, 2.05) is 29.2 Å². The van der Waals surface area contributed by atoms with Crippen molar-refractivity contribution >= 4 is 33.8 Å². The third-order valence-electron chi connectivity index (χ3n) is 4.60. The third kappa shape index (κ3) is 3.77. The molecule has 3 rings (SSSR count). The van der Waals surface area contributed by atoms with Gasteiger partial charge in [0.2, 0.25) is 11.8 Å². The predicted octanol–water partition coefficient (Wildman–Crippen LogP) is 1.92. The SMILES string of the molecule is O=C(CCc1ccc(Br)cc1)N1CCC(N2C(=O)CNC2=O)CC1. The van der Waals surface area contributed by atoms with E-state index >= 15 is 0 Å². The molecule has 1 aromatic rings. The van der Waals surface area contributed by atoms with Crippen LogP contribution < -0.4 is 5.32 Å². The summed E-state index contributed by atoms with van der Waals surface area (Å²) >= 11 is 3.40. The van der Waals surface area contributed by atoms with Crippen molar-refractivity contribution in [2.75, 3.05) is 19.6 Å². The summed E-state index contributed by atoms with van der Waals surface area (Å²) in [6.07, 6.45) is 2.51. The molecule has 0 bridgehead atoms. The Bertz CT molecular complexity index is 623. The molecule has 6 nitrogen and oxygen atoms in total. The molecule has 2 aliphatic rings. The fraction of sp³-hybridized carbons (Fsp3) is 0.471. The van der Waals surface area contributed by atoms with E-state index in [9.17, 15) is 14.4 Å². The zero-order chi connectivity index (χ0) is 17.1. The first-order chi connectivity index (χ1) is 11.5. The molecule has 0 radical (unpaired) electrons. The first-order valence-electron chi connectivity index (χ1n) is 8.16. The van der Waals surface area contributed by atoms with Crippen LogP contribution in [0.3, 0.4) is 0 Å². The van der Waals surface area contributed by atoms with Crippen LogP contribution in [0.4, 0.5) is 4.79 Å². The standard InChI is InChI=1S/C17H20BrN3O3/c18-13-4-1-12(2-5-13)3-6-15(22)20-9-7-14(8-10-20)21-16(23)11-19-17(21)24/h1-2,4-5,14H,3,6-11H2,(H,19,24). The average Bonchev–Trinajstić information content (AvgIpc) is 2.93. The minimum Gasteiger partial charge on any atom is -0.343 e. The molecule has 0 aliphatic carbocycles. The van der Waals surface area contributed by atoms with Crippen molar-refractivity contribution in [3.8, 4) is 0 Å². The van der Waals surface area contributed by atoms with Crippen LogP contribution >= 0.6 is 15.9 Å². The van der Waals surface area contributed by atoms with E-state index < -0.39 is 0 Å². The summed E-state index contributed by atoms with van der Waals surface area (Å²) in [5.74, 6) is -0.0337. The zero-order valence-electron chi connectivity index (χ0n) is 13.3. The van der Waals surface area contributed by atoms with Crippen LogP contribution in [0.15, 0.2) is 28.7 Å². The number of piperidine rings is 1. The Morgan fingerprint density at radius 2 is 1.83 bits per heavy atom. The molecular formula is C17H20BrN3O3. The Kier molecular flexibility index (Phi) is 5.18. The zero-order valence-corrected chi connectivity index (χ0v) is 14.9. The predicted molar refractivity (Wildman–Crippen MR) is 92.3 cm³/mol. The fourth-order valence-electron chi connectivity index (χ4n) is 3.24. The molecule has 128 valence electrons. The Labute approximate surface area is 149 Å². The Balaban J connectivity index is 1.47. The van der Waals surface area contributed by atoms with Crippen molar-refractivity contribution in [1.82, 2.24) is 15.1 Å². The molecule has 2 saturated heterocycles. The fourth-order valence-corrected chi connectivity index (χ4v) is 3.50. The summed E-state index contributed by atoms with van der Waals surface area (Å²) in [7, 11) is 0. The number of halogens is 1. The summed E-state index contributed by atoms with van der Waals surface area (Å²) in [5, 5.41) is 2.55. The second-order valence-corrected chi connectivity index (χ2v) is 7.08. The molecule has 7 heteroatoms. The van der Waals surface area contributed by atoms with Gasteiger partial charge in [0.05, 0.1) is 6.54 Å². The lowest BCUT2D eigenvalue weighted by Gasteiger charge is -2.35. The van der Waals surface area contributed by atoms with Crippen LogP contribution in [0.1, 0.15) is 24.8 Å². The van der Waals surface area contributed by atoms with Gasteiger partial charge >= 0.3 is 6.03 Å². The van der Waals surface area contributed by atoms with E-state index in [0.29, 0.717) is 32.4 Å². The van der Waals surface area contributed by atoms with Gasteiger partial charge in [0.25, 0.3) is 0 Å². The summed E-state index contributed by atoms with van der Waals surface area (Å²) in [6.45, 7) is 1.28. The van der Waals surface area contributed by atoms with Gasteiger partial charge in [-0.1, -0.05) is 28.1 Å². The van der Waals surface area contributed by atoms with Crippen LogP contribution in [-0.2, 0) is 16.0 Å². The van der Waals surface area contributed by atoms with Crippen LogP contribution in [0, 0.1) is 0 Å². The number of nitrogens with zero attached hydrogens (tertiary/aromatic N) is 2. The number of hydrogen-bond donors (Lipinski definition) is 1. The molecule has 2 fully saturated rings. The molecule has 0 saturated carbocycles. The molecule has 2 aliphatic heterocycles. The Morgan fingerprint density at radius 3 is 2.42 bits per heavy atom. The van der Waals surface area contributed by atoms with Crippen molar-refractivity contribution in [1.29, 1.82) is 0 Å². The maximum absolute atomic E-state index is 12.4. The lowest BCUT2D eigenvalue weighted by Crippen LogP contribution is -2.49. The monoisotopic (exact) mass is 393 g/mol. The van der Waals surface area contributed by atoms with Crippen molar-refractivity contribution in [3.05, 3.63) is 34.3 Å². The smallest absolute Gasteiger partial charge is 0.324 e. The number of aryl methyl sites for hydroxylation is 1. The van der Waals surface area contributed by atoms with Gasteiger partial charge in [-0.15, -0.1) is 0 Å². The number of likely N-dealkylation sites (tertiary alicyclic amines) is 1. The molecule has 2 heterocycles. The molecule has 0 spiro atoms. The van der Waals surface area contributed by atoms with Gasteiger partial charge in [-0.25, -0.2) is 4.79 Å². The van der Waals surface area contributed by atoms with Crippen LogP contribution in [-0.4, -0.2) is 53.3 Å². The van der Waals surface area contributed by atoms with E-state index in [-0.39, 0.29) is 30.4 Å². The van der Waals surface area contributed by atoms with Crippen LogP contribution in [0.25, 0.3) is 0 Å². The lowest BCUT2D eigenvalue weighted by atomic mass is 10.0. The molecule has 1 N–H and O–H groups in total. The van der Waals surface area contributed by atoms with Gasteiger partial charge in [0.1, 0.15) is 0 Å². The highest BCUT2D eigenvalue weighted by molar-refractivity contribution is 9.10. The number of carbonyl (C=O) groups is 3. The number of amides is 4. The van der Waals surface area contributed by atoms with Crippen molar-refractivity contribution < 1.29 is 14.4 Å². The number of imide groups is 1. The molecule has 0 unspecified atom stereocenters. The van der Waals surface area contributed by atoms with Gasteiger partial charge in [-0.05, 0) is 37.0 Å². The Morgan fingerprint density at radius 1 is 1.17 bits per heavy atom. The third-order valence-corrected chi connectivity index (χ3v) is 5.13. The number of urea groups is 1. The molecule has 24 heavy (non-hydrogen) atoms. The summed E-state index contributed by atoms with van der Waals surface area (Å²) in [6, 6.07) is 7.59. The lowest BCUT2D eigenvalue weighted by molar-refractivity contribution is -0.133. The second kappa shape index (κ2) is 7.34. The van der Waals surface area contributed by atoms with Gasteiger partial charge in [-0.2, -0.15) is 0 Å². The maximum Gasteiger partial charge on any atom is 0.324 e. The largest absolute Gasteiger partial charge is 0.343 e. The number of rotatable bonds is 4. The molecule has 1 aromatic carbocycles. The van der Waals surface area contributed by atoms with Crippen LogP contribution in [0.2, 0.25) is 0 Å². The van der Waals surface area contributed by atoms with Gasteiger partial charge < -0.3 is 10.2 Å². The minimum absolute atomic E-state index is 0.0875. The van der Waals surface area contributed by atoms with Gasteiger partial charge in [-0.3, -0.25) is 14.5 Å². The van der Waals surface area contributed by atoms with Gasteiger partial charge in [0, 0.05) is 30.0 Å². The summed E-state index contributed by atoms with van der Waals surface area (Å²) in [5.41, 5.74) is 1.14. The summed E-state index contributed by atoms with van der Waals surface area (Å²) in [4.78, 5) is 39.0. The quantitative estimate of drug-likeness (QED) is 0.794. The Hall–Kier alpha value is -1.89. The van der Waals surface area contributed by atoms with Crippen molar-refractivity contribution in [2.45, 2.75) is 31.7 Å². The minimum atomic E-state index is -0.306. The molecule has 0 atom stereocenters. The molecular weight excluding hydrogens is 374 g/mol. The van der Waals surface area contributed by atoms with Gasteiger partial charge in [0.15, 0.2) is 0 Å². The van der Waals surface area contributed by atoms with E-state index in [1.165, 1.54) is 4.90 Å². The molecule has 4 amide bonds. The number of hydrogen-bond acceptors (Lipinski definition) is 3. The summed E-state index contributed by atoms with van der Waals surface area (Å²) < 4.78 is 1.03. The average molecular weight is 394 g/mol. The highest BCUT2D eigenvalue weighted by Gasteiger charge is 2.37.